The largest absolute Gasteiger partial charge is 0.446 e. The molecule has 3 atom stereocenters. The van der Waals surface area contributed by atoms with Crippen LogP contribution in [0.15, 0.2) is 72.4 Å². The maximum absolute atomic E-state index is 12.4. The van der Waals surface area contributed by atoms with Gasteiger partial charge in [0.15, 0.2) is 0 Å². The summed E-state index contributed by atoms with van der Waals surface area (Å²) in [5, 5.41) is 13.8. The molecule has 3 unspecified atom stereocenters. The van der Waals surface area contributed by atoms with E-state index in [0.717, 1.165) is 16.0 Å². The number of hydrogen-bond acceptors (Lipinski definition) is 7. The quantitative estimate of drug-likeness (QED) is 0.395. The van der Waals surface area contributed by atoms with Crippen molar-refractivity contribution in [2.24, 2.45) is 5.73 Å². The Morgan fingerprint density at radius 2 is 1.67 bits per heavy atom. The summed E-state index contributed by atoms with van der Waals surface area (Å²) in [7, 11) is 0. The summed E-state index contributed by atoms with van der Waals surface area (Å²) in [5.41, 5.74) is 8.78. The molecule has 8 nitrogen and oxygen atoms in total. The van der Waals surface area contributed by atoms with E-state index in [4.69, 9.17) is 15.2 Å². The zero-order valence-corrected chi connectivity index (χ0v) is 18.8. The average Bonchev–Trinajstić information content (AvgIpc) is 3.32. The van der Waals surface area contributed by atoms with Crippen molar-refractivity contribution in [2.45, 2.75) is 44.1 Å². The number of aliphatic hydroxyl groups excluding tert-OH is 1. The highest BCUT2D eigenvalue weighted by Gasteiger charge is 2.27. The van der Waals surface area contributed by atoms with Gasteiger partial charge < -0.3 is 25.6 Å². The standard InChI is InChI=1S/C24H27N3O5S/c25-23(29)32-19(11-17-7-3-1-4-8-17)13-22(28)21(12-18-9-5-2-6-10-18)27-24(30)31-15-20-14-26-16-33-20/h1-10,14,16,19,21-22,28H,11-13,15H2,(H2,25,29)(H,27,30). The van der Waals surface area contributed by atoms with Crippen molar-refractivity contribution in [1.29, 1.82) is 0 Å². The lowest BCUT2D eigenvalue weighted by Gasteiger charge is -2.27. The Morgan fingerprint density at radius 3 is 2.24 bits per heavy atom. The number of alkyl carbamates (subject to hydrolysis) is 1. The van der Waals surface area contributed by atoms with E-state index < -0.39 is 30.4 Å². The van der Waals surface area contributed by atoms with E-state index in [1.165, 1.54) is 11.3 Å². The van der Waals surface area contributed by atoms with E-state index in [2.05, 4.69) is 10.3 Å². The van der Waals surface area contributed by atoms with Gasteiger partial charge in [0.25, 0.3) is 0 Å². The van der Waals surface area contributed by atoms with Crippen molar-refractivity contribution in [3.63, 3.8) is 0 Å². The Hall–Kier alpha value is -3.43. The summed E-state index contributed by atoms with van der Waals surface area (Å²) >= 11 is 1.38. The van der Waals surface area contributed by atoms with Crippen molar-refractivity contribution in [3.05, 3.63) is 88.4 Å². The Kier molecular flexibility index (Phi) is 9.22. The molecule has 174 valence electrons. The highest BCUT2D eigenvalue weighted by Crippen LogP contribution is 2.16. The van der Waals surface area contributed by atoms with Crippen LogP contribution in [0.25, 0.3) is 0 Å². The van der Waals surface area contributed by atoms with Crippen molar-refractivity contribution in [3.8, 4) is 0 Å². The van der Waals surface area contributed by atoms with Crippen LogP contribution in [0.2, 0.25) is 0 Å². The Balaban J connectivity index is 1.67. The number of aliphatic hydroxyl groups is 1. The van der Waals surface area contributed by atoms with Crippen molar-refractivity contribution in [1.82, 2.24) is 10.3 Å². The number of carbonyl (C=O) groups excluding carboxylic acids is 2. The first kappa shape index (κ1) is 24.2. The molecule has 4 N–H and O–H groups in total. The predicted molar refractivity (Wildman–Crippen MR) is 125 cm³/mol. The zero-order valence-electron chi connectivity index (χ0n) is 18.0. The third-order valence-corrected chi connectivity index (χ3v) is 5.74. The zero-order chi connectivity index (χ0) is 23.5. The van der Waals surface area contributed by atoms with E-state index in [1.54, 1.807) is 11.7 Å². The fourth-order valence-electron chi connectivity index (χ4n) is 3.44. The van der Waals surface area contributed by atoms with Crippen LogP contribution in [0.4, 0.5) is 9.59 Å². The number of benzene rings is 2. The van der Waals surface area contributed by atoms with Crippen LogP contribution in [0, 0.1) is 0 Å². The highest BCUT2D eigenvalue weighted by molar-refractivity contribution is 7.09. The van der Waals surface area contributed by atoms with Gasteiger partial charge in [0, 0.05) is 19.0 Å². The molecule has 9 heteroatoms. The molecule has 1 aromatic heterocycles. The number of amides is 2. The van der Waals surface area contributed by atoms with Gasteiger partial charge in [-0.1, -0.05) is 60.7 Å². The lowest BCUT2D eigenvalue weighted by molar-refractivity contribution is 0.0400. The summed E-state index contributed by atoms with van der Waals surface area (Å²) < 4.78 is 10.5. The summed E-state index contributed by atoms with van der Waals surface area (Å²) in [4.78, 5) is 28.6. The minimum Gasteiger partial charge on any atom is -0.446 e. The summed E-state index contributed by atoms with van der Waals surface area (Å²) in [6.07, 6.45) is -0.782. The van der Waals surface area contributed by atoms with Crippen LogP contribution in [0.3, 0.4) is 0 Å². The number of nitrogens with one attached hydrogen (secondary N) is 1. The molecular formula is C24H27N3O5S. The molecule has 0 saturated heterocycles. The summed E-state index contributed by atoms with van der Waals surface area (Å²) in [5.74, 6) is 0. The van der Waals surface area contributed by atoms with Gasteiger partial charge in [-0.25, -0.2) is 9.59 Å². The highest BCUT2D eigenvalue weighted by atomic mass is 32.1. The maximum Gasteiger partial charge on any atom is 0.407 e. The fourth-order valence-corrected chi connectivity index (χ4v) is 3.95. The Labute approximate surface area is 196 Å². The van der Waals surface area contributed by atoms with E-state index in [1.807, 2.05) is 60.7 Å². The molecule has 2 aromatic carbocycles. The minimum atomic E-state index is -1.02. The van der Waals surface area contributed by atoms with Gasteiger partial charge >= 0.3 is 12.2 Å². The monoisotopic (exact) mass is 469 g/mol. The molecule has 0 bridgehead atoms. The van der Waals surface area contributed by atoms with Gasteiger partial charge in [0.05, 0.1) is 22.5 Å². The number of hydrogen-bond donors (Lipinski definition) is 3. The van der Waals surface area contributed by atoms with Gasteiger partial charge in [-0.15, -0.1) is 11.3 Å². The number of carbonyl (C=O) groups is 2. The molecule has 0 radical (unpaired) electrons. The van der Waals surface area contributed by atoms with Gasteiger partial charge in [0.2, 0.25) is 0 Å². The number of ether oxygens (including phenoxy) is 2. The molecule has 33 heavy (non-hydrogen) atoms. The van der Waals surface area contributed by atoms with E-state index >= 15 is 0 Å². The first-order chi connectivity index (χ1) is 16.0. The van der Waals surface area contributed by atoms with Crippen molar-refractivity contribution < 1.29 is 24.2 Å². The molecular weight excluding hydrogens is 442 g/mol. The summed E-state index contributed by atoms with van der Waals surface area (Å²) in [6, 6.07) is 18.3. The summed E-state index contributed by atoms with van der Waals surface area (Å²) in [6.45, 7) is 0.0894. The average molecular weight is 470 g/mol. The van der Waals surface area contributed by atoms with E-state index in [0.29, 0.717) is 12.8 Å². The normalized spacial score (nSPS) is 13.5. The van der Waals surface area contributed by atoms with Gasteiger partial charge in [-0.2, -0.15) is 0 Å². The van der Waals surface area contributed by atoms with Crippen LogP contribution >= 0.6 is 11.3 Å². The second-order valence-electron chi connectivity index (χ2n) is 7.54. The molecule has 2 amide bonds. The number of nitrogens with zero attached hydrogens (tertiary/aromatic N) is 1. The first-order valence-corrected chi connectivity index (χ1v) is 11.4. The van der Waals surface area contributed by atoms with E-state index in [-0.39, 0.29) is 13.0 Å². The molecule has 0 aliphatic rings. The van der Waals surface area contributed by atoms with Gasteiger partial charge in [-0.05, 0) is 17.5 Å². The Bertz CT molecular complexity index is 986. The van der Waals surface area contributed by atoms with Crippen LogP contribution < -0.4 is 11.1 Å². The van der Waals surface area contributed by atoms with E-state index in [9.17, 15) is 14.7 Å². The first-order valence-electron chi connectivity index (χ1n) is 10.5. The Morgan fingerprint density at radius 1 is 1.03 bits per heavy atom. The van der Waals surface area contributed by atoms with Gasteiger partial charge in [-0.3, -0.25) is 4.98 Å². The topological polar surface area (TPSA) is 124 Å². The smallest absolute Gasteiger partial charge is 0.407 e. The minimum absolute atomic E-state index is 0.0878. The van der Waals surface area contributed by atoms with Crippen molar-refractivity contribution >= 4 is 23.5 Å². The molecule has 0 spiro atoms. The molecule has 3 aromatic rings. The third-order valence-electron chi connectivity index (χ3n) is 4.99. The fraction of sp³-hybridized carbons (Fsp3) is 0.292. The number of primary amides is 1. The molecule has 3 rings (SSSR count). The molecule has 0 fully saturated rings. The van der Waals surface area contributed by atoms with Crippen LogP contribution in [0.1, 0.15) is 22.4 Å². The molecule has 1 heterocycles. The van der Waals surface area contributed by atoms with Crippen LogP contribution in [0.5, 0.6) is 0 Å². The van der Waals surface area contributed by atoms with Crippen molar-refractivity contribution in [2.75, 3.05) is 0 Å². The molecule has 0 saturated carbocycles. The number of thiazole rings is 1. The van der Waals surface area contributed by atoms with Gasteiger partial charge in [0.1, 0.15) is 12.7 Å². The maximum atomic E-state index is 12.4. The molecule has 0 aliphatic carbocycles. The second kappa shape index (κ2) is 12.6. The third kappa shape index (κ3) is 8.55. The molecule has 0 aliphatic heterocycles. The SMILES string of the molecule is NC(=O)OC(Cc1ccccc1)CC(O)C(Cc1ccccc1)NC(=O)OCc1cncs1. The predicted octanol–water partition coefficient (Wildman–Crippen LogP) is 3.44. The number of rotatable bonds is 11. The lowest BCUT2D eigenvalue weighted by Crippen LogP contribution is -2.46. The van der Waals surface area contributed by atoms with Crippen LogP contribution in [-0.4, -0.2) is 40.5 Å². The second-order valence-corrected chi connectivity index (χ2v) is 8.51. The number of aromatic nitrogens is 1. The number of nitrogens with two attached hydrogens (primary N) is 1. The lowest BCUT2D eigenvalue weighted by atomic mass is 9.95. The van der Waals surface area contributed by atoms with Crippen LogP contribution in [-0.2, 0) is 28.9 Å².